The highest BCUT2D eigenvalue weighted by Gasteiger charge is 2.16. The van der Waals surface area contributed by atoms with E-state index in [1.54, 1.807) is 30.3 Å². The van der Waals surface area contributed by atoms with E-state index in [-0.39, 0.29) is 10.6 Å². The first-order valence-electron chi connectivity index (χ1n) is 11.3. The molecule has 0 aromatic heterocycles. The lowest BCUT2D eigenvalue weighted by atomic mass is 10.1. The summed E-state index contributed by atoms with van der Waals surface area (Å²) >= 11 is 15.7. The van der Waals surface area contributed by atoms with Gasteiger partial charge in [0.15, 0.2) is 11.5 Å². The van der Waals surface area contributed by atoms with Gasteiger partial charge in [0.25, 0.3) is 5.91 Å². The van der Waals surface area contributed by atoms with Crippen molar-refractivity contribution >= 4 is 67.6 Å². The molecule has 0 aliphatic carbocycles. The van der Waals surface area contributed by atoms with Gasteiger partial charge in [-0.25, -0.2) is 0 Å². The fourth-order valence-corrected chi connectivity index (χ4v) is 4.59. The van der Waals surface area contributed by atoms with E-state index < -0.39 is 5.91 Å². The first kappa shape index (κ1) is 26.6. The molecule has 0 aliphatic rings. The SMILES string of the molecule is CCOc1cc(/C=C(/C#N)C(=O)Nc2cccc(Cl)c2Cl)cc(Br)c1OCc1ccc2ccccc2c1. The molecule has 0 fully saturated rings. The highest BCUT2D eigenvalue weighted by atomic mass is 79.9. The largest absolute Gasteiger partial charge is 0.490 e. The number of ether oxygens (including phenoxy) is 2. The van der Waals surface area contributed by atoms with Crippen molar-refractivity contribution in [3.8, 4) is 17.6 Å². The molecule has 0 saturated carbocycles. The van der Waals surface area contributed by atoms with Crippen molar-refractivity contribution in [2.75, 3.05) is 11.9 Å². The quantitative estimate of drug-likeness (QED) is 0.164. The Balaban J connectivity index is 1.57. The Bertz CT molecular complexity index is 1550. The van der Waals surface area contributed by atoms with Crippen LogP contribution >= 0.6 is 39.1 Å². The minimum Gasteiger partial charge on any atom is -0.490 e. The molecule has 0 heterocycles. The van der Waals surface area contributed by atoms with Crippen LogP contribution in [0.25, 0.3) is 16.8 Å². The maximum absolute atomic E-state index is 12.8. The Labute approximate surface area is 233 Å². The Morgan fingerprint density at radius 1 is 1.03 bits per heavy atom. The number of carbonyl (C=O) groups is 1. The number of nitrogens with one attached hydrogen (secondary N) is 1. The minimum atomic E-state index is -0.614. The van der Waals surface area contributed by atoms with E-state index in [1.165, 1.54) is 6.08 Å². The molecule has 37 heavy (non-hydrogen) atoms. The van der Waals surface area contributed by atoms with Crippen LogP contribution in [0.2, 0.25) is 10.0 Å². The summed E-state index contributed by atoms with van der Waals surface area (Å²) in [5.74, 6) is 0.401. The second-order valence-electron chi connectivity index (χ2n) is 7.96. The molecule has 0 aliphatic heterocycles. The first-order chi connectivity index (χ1) is 17.9. The molecule has 0 unspecified atom stereocenters. The van der Waals surface area contributed by atoms with Gasteiger partial charge < -0.3 is 14.8 Å². The number of anilines is 1. The Kier molecular flexibility index (Phi) is 8.73. The van der Waals surface area contributed by atoms with Crippen LogP contribution in [0, 0.1) is 11.3 Å². The smallest absolute Gasteiger partial charge is 0.266 e. The van der Waals surface area contributed by atoms with Crippen LogP contribution in [0.15, 0.2) is 82.8 Å². The number of nitrogens with zero attached hydrogens (tertiary/aromatic N) is 1. The lowest BCUT2D eigenvalue weighted by molar-refractivity contribution is -0.112. The molecule has 0 spiro atoms. The van der Waals surface area contributed by atoms with E-state index in [2.05, 4.69) is 45.5 Å². The maximum atomic E-state index is 12.8. The Morgan fingerprint density at radius 2 is 1.81 bits per heavy atom. The molecule has 4 rings (SSSR count). The lowest BCUT2D eigenvalue weighted by Gasteiger charge is -2.15. The summed E-state index contributed by atoms with van der Waals surface area (Å²) in [5.41, 5.74) is 1.79. The van der Waals surface area contributed by atoms with Gasteiger partial charge in [-0.2, -0.15) is 5.26 Å². The predicted molar refractivity (Wildman–Crippen MR) is 152 cm³/mol. The van der Waals surface area contributed by atoms with E-state index >= 15 is 0 Å². The second-order valence-corrected chi connectivity index (χ2v) is 9.60. The van der Waals surface area contributed by atoms with Crippen molar-refractivity contribution in [1.82, 2.24) is 0 Å². The summed E-state index contributed by atoms with van der Waals surface area (Å²) in [6, 6.07) is 24.6. The van der Waals surface area contributed by atoms with Gasteiger partial charge in [-0.05, 0) is 81.2 Å². The third kappa shape index (κ3) is 6.44. The van der Waals surface area contributed by atoms with Gasteiger partial charge in [-0.15, -0.1) is 0 Å². The third-order valence-corrected chi connectivity index (χ3v) is 6.81. The molecular weight excluding hydrogens is 575 g/mol. The van der Waals surface area contributed by atoms with Crippen LogP contribution in [0.3, 0.4) is 0 Å². The number of hydrogen-bond acceptors (Lipinski definition) is 4. The van der Waals surface area contributed by atoms with Gasteiger partial charge in [0, 0.05) is 0 Å². The molecule has 0 saturated heterocycles. The number of halogens is 3. The predicted octanol–water partition coefficient (Wildman–Crippen LogP) is 8.43. The zero-order valence-corrected chi connectivity index (χ0v) is 22.8. The fourth-order valence-electron chi connectivity index (χ4n) is 3.66. The Hall–Kier alpha value is -3.50. The normalized spacial score (nSPS) is 11.2. The summed E-state index contributed by atoms with van der Waals surface area (Å²) < 4.78 is 12.6. The number of fused-ring (bicyclic) bond motifs is 1. The number of hydrogen-bond donors (Lipinski definition) is 1. The zero-order chi connectivity index (χ0) is 26.4. The molecule has 0 radical (unpaired) electrons. The van der Waals surface area contributed by atoms with E-state index in [9.17, 15) is 10.1 Å². The summed E-state index contributed by atoms with van der Waals surface area (Å²) in [6.45, 7) is 2.61. The van der Waals surface area contributed by atoms with Gasteiger partial charge in [0.1, 0.15) is 18.2 Å². The van der Waals surface area contributed by atoms with Gasteiger partial charge in [0.05, 0.1) is 26.8 Å². The summed E-state index contributed by atoms with van der Waals surface area (Å²) in [4.78, 5) is 12.8. The fraction of sp³-hybridized carbons (Fsp3) is 0.103. The van der Waals surface area contributed by atoms with Crippen LogP contribution < -0.4 is 14.8 Å². The topological polar surface area (TPSA) is 71.3 Å². The molecule has 186 valence electrons. The van der Waals surface area contributed by atoms with Crippen LogP contribution in [-0.2, 0) is 11.4 Å². The van der Waals surface area contributed by atoms with Gasteiger partial charge in [0.2, 0.25) is 0 Å². The highest BCUT2D eigenvalue weighted by Crippen LogP contribution is 2.38. The zero-order valence-electron chi connectivity index (χ0n) is 19.7. The molecule has 8 heteroatoms. The number of rotatable bonds is 8. The molecule has 1 amide bonds. The van der Waals surface area contributed by atoms with Crippen molar-refractivity contribution in [1.29, 1.82) is 5.26 Å². The number of carbonyl (C=O) groups excluding carboxylic acids is 1. The number of nitriles is 1. The first-order valence-corrected chi connectivity index (χ1v) is 12.9. The maximum Gasteiger partial charge on any atom is 0.266 e. The summed E-state index contributed by atoms with van der Waals surface area (Å²) in [7, 11) is 0. The summed E-state index contributed by atoms with van der Waals surface area (Å²) in [6.07, 6.45) is 1.47. The van der Waals surface area contributed by atoms with Crippen LogP contribution in [0.4, 0.5) is 5.69 Å². The van der Waals surface area contributed by atoms with E-state index in [0.29, 0.717) is 45.5 Å². The molecule has 0 bridgehead atoms. The van der Waals surface area contributed by atoms with Gasteiger partial charge >= 0.3 is 0 Å². The average molecular weight is 596 g/mol. The van der Waals surface area contributed by atoms with E-state index in [0.717, 1.165) is 16.3 Å². The van der Waals surface area contributed by atoms with Gasteiger partial charge in [-0.3, -0.25) is 4.79 Å². The van der Waals surface area contributed by atoms with Crippen molar-refractivity contribution in [2.45, 2.75) is 13.5 Å². The van der Waals surface area contributed by atoms with E-state index in [1.807, 2.05) is 31.2 Å². The third-order valence-electron chi connectivity index (χ3n) is 5.40. The summed E-state index contributed by atoms with van der Waals surface area (Å²) in [5, 5.41) is 15.1. The van der Waals surface area contributed by atoms with Crippen molar-refractivity contribution in [3.05, 3.63) is 104 Å². The lowest BCUT2D eigenvalue weighted by Crippen LogP contribution is -2.13. The molecular formula is C29H21BrCl2N2O3. The standard InChI is InChI=1S/C29H21BrCl2N2O3/c1-2-36-26-15-19(13-22(16-33)29(35)34-25-9-5-8-24(31)27(25)32)14-23(30)28(26)37-17-18-10-11-20-6-3-4-7-21(20)12-18/h3-15H,2,17H2,1H3,(H,34,35)/b22-13-. The van der Waals surface area contributed by atoms with Gasteiger partial charge in [-0.1, -0.05) is 65.7 Å². The molecule has 5 nitrogen and oxygen atoms in total. The number of amides is 1. The molecule has 4 aromatic rings. The molecule has 0 atom stereocenters. The van der Waals surface area contributed by atoms with Crippen molar-refractivity contribution in [3.63, 3.8) is 0 Å². The minimum absolute atomic E-state index is 0.116. The van der Waals surface area contributed by atoms with Crippen LogP contribution in [0.5, 0.6) is 11.5 Å². The highest BCUT2D eigenvalue weighted by molar-refractivity contribution is 9.10. The monoisotopic (exact) mass is 594 g/mol. The average Bonchev–Trinajstić information content (AvgIpc) is 2.89. The molecule has 4 aromatic carbocycles. The number of benzene rings is 4. The van der Waals surface area contributed by atoms with Crippen LogP contribution in [-0.4, -0.2) is 12.5 Å². The Morgan fingerprint density at radius 3 is 2.57 bits per heavy atom. The van der Waals surface area contributed by atoms with Crippen LogP contribution in [0.1, 0.15) is 18.1 Å². The van der Waals surface area contributed by atoms with E-state index in [4.69, 9.17) is 32.7 Å². The molecule has 1 N–H and O–H groups in total. The van der Waals surface area contributed by atoms with Crippen molar-refractivity contribution in [2.24, 2.45) is 0 Å². The second kappa shape index (κ2) is 12.2. The van der Waals surface area contributed by atoms with Crippen molar-refractivity contribution < 1.29 is 14.3 Å².